The smallest absolute Gasteiger partial charge is 0.240 e. The highest BCUT2D eigenvalue weighted by molar-refractivity contribution is 6.10. The Hall–Kier alpha value is -2.74. The van der Waals surface area contributed by atoms with Gasteiger partial charge in [0.1, 0.15) is 6.04 Å². The van der Waals surface area contributed by atoms with E-state index < -0.39 is 29.2 Å². The van der Waals surface area contributed by atoms with E-state index >= 15 is 0 Å². The molecule has 1 fully saturated rings. The minimum atomic E-state index is -1.30. The summed E-state index contributed by atoms with van der Waals surface area (Å²) in [5.41, 5.74) is 4.74. The number of nitrogens with one attached hydrogen (secondary N) is 1. The number of ether oxygens (including phenoxy) is 1. The van der Waals surface area contributed by atoms with Crippen molar-refractivity contribution < 1.29 is 23.9 Å². The molecule has 1 aromatic rings. The third-order valence-electron chi connectivity index (χ3n) is 5.31. The molecule has 0 bridgehead atoms. The van der Waals surface area contributed by atoms with Crippen LogP contribution in [0, 0.1) is 5.92 Å². The van der Waals surface area contributed by atoms with E-state index in [1.54, 1.807) is 37.4 Å². The quantitative estimate of drug-likeness (QED) is 0.413. The molecule has 3 N–H and O–H groups in total. The van der Waals surface area contributed by atoms with E-state index in [0.29, 0.717) is 25.0 Å². The fourth-order valence-electron chi connectivity index (χ4n) is 3.85. The van der Waals surface area contributed by atoms with Crippen LogP contribution in [0.5, 0.6) is 0 Å². The number of nitrogens with two attached hydrogens (primary N) is 1. The maximum Gasteiger partial charge on any atom is 0.240 e. The molecule has 1 aromatic carbocycles. The minimum absolute atomic E-state index is 0.0956. The normalized spacial score (nSPS) is 19.9. The van der Waals surface area contributed by atoms with Gasteiger partial charge in [0, 0.05) is 33.1 Å². The van der Waals surface area contributed by atoms with E-state index in [-0.39, 0.29) is 31.2 Å². The van der Waals surface area contributed by atoms with Gasteiger partial charge in [-0.15, -0.1) is 0 Å². The minimum Gasteiger partial charge on any atom is -0.385 e. The maximum absolute atomic E-state index is 13.4. The molecule has 0 radical (unpaired) electrons. The zero-order valence-corrected chi connectivity index (χ0v) is 17.8. The second-order valence-corrected chi connectivity index (χ2v) is 8.15. The summed E-state index contributed by atoms with van der Waals surface area (Å²) in [7, 11) is 1.55. The zero-order chi connectivity index (χ0) is 22.3. The van der Waals surface area contributed by atoms with Crippen molar-refractivity contribution in [1.29, 1.82) is 0 Å². The van der Waals surface area contributed by atoms with Crippen LogP contribution in [0.15, 0.2) is 30.3 Å². The highest BCUT2D eigenvalue weighted by Crippen LogP contribution is 2.40. The fraction of sp³-hybridized carbons (Fsp3) is 0.545. The molecule has 8 heteroatoms. The van der Waals surface area contributed by atoms with Crippen LogP contribution in [0.3, 0.4) is 0 Å². The summed E-state index contributed by atoms with van der Waals surface area (Å²) in [6, 6.07) is 8.01. The number of hydrogen-bond donors (Lipinski definition) is 2. The molecule has 0 spiro atoms. The van der Waals surface area contributed by atoms with Crippen molar-refractivity contribution in [2.24, 2.45) is 11.7 Å². The first-order valence-electron chi connectivity index (χ1n) is 10.2. The summed E-state index contributed by atoms with van der Waals surface area (Å²) in [4.78, 5) is 51.9. The van der Waals surface area contributed by atoms with E-state index in [4.69, 9.17) is 10.5 Å². The van der Waals surface area contributed by atoms with Gasteiger partial charge in [0.2, 0.25) is 23.6 Å². The van der Waals surface area contributed by atoms with E-state index in [1.165, 1.54) is 4.90 Å². The molecule has 2 rings (SSSR count). The molecular formula is C22H31N3O5. The molecular weight excluding hydrogens is 386 g/mol. The largest absolute Gasteiger partial charge is 0.385 e. The van der Waals surface area contributed by atoms with Gasteiger partial charge in [-0.05, 0) is 24.3 Å². The SMILES string of the molecule is COCCCN1C(=O)CC(CC(=O)N[C@@H](CC(C)C)C(N)=O)(c2ccccc2)C1=O. The third kappa shape index (κ3) is 5.44. The van der Waals surface area contributed by atoms with Crippen LogP contribution < -0.4 is 11.1 Å². The highest BCUT2D eigenvalue weighted by Gasteiger charge is 2.53. The summed E-state index contributed by atoms with van der Waals surface area (Å²) >= 11 is 0. The number of methoxy groups -OCH3 is 1. The van der Waals surface area contributed by atoms with Crippen molar-refractivity contribution in [3.05, 3.63) is 35.9 Å². The summed E-state index contributed by atoms with van der Waals surface area (Å²) in [6.45, 7) is 4.50. The van der Waals surface area contributed by atoms with Gasteiger partial charge in [-0.25, -0.2) is 0 Å². The monoisotopic (exact) mass is 417 g/mol. The van der Waals surface area contributed by atoms with E-state index in [0.717, 1.165) is 0 Å². The molecule has 4 amide bonds. The lowest BCUT2D eigenvalue weighted by molar-refractivity contribution is -0.141. The molecule has 1 heterocycles. The number of benzene rings is 1. The second-order valence-electron chi connectivity index (χ2n) is 8.15. The summed E-state index contributed by atoms with van der Waals surface area (Å²) in [5, 5.41) is 2.66. The fourth-order valence-corrected chi connectivity index (χ4v) is 3.85. The number of likely N-dealkylation sites (tertiary alicyclic amines) is 1. The van der Waals surface area contributed by atoms with Crippen molar-refractivity contribution in [1.82, 2.24) is 10.2 Å². The second kappa shape index (κ2) is 10.3. The van der Waals surface area contributed by atoms with Gasteiger partial charge in [-0.1, -0.05) is 44.2 Å². The van der Waals surface area contributed by atoms with Crippen molar-refractivity contribution in [2.45, 2.75) is 51.0 Å². The lowest BCUT2D eigenvalue weighted by Crippen LogP contribution is -2.48. The van der Waals surface area contributed by atoms with E-state index in [9.17, 15) is 19.2 Å². The summed E-state index contributed by atoms with van der Waals surface area (Å²) in [5.74, 6) is -1.67. The third-order valence-corrected chi connectivity index (χ3v) is 5.31. The summed E-state index contributed by atoms with van der Waals surface area (Å²) < 4.78 is 5.01. The van der Waals surface area contributed by atoms with E-state index in [2.05, 4.69) is 5.32 Å². The van der Waals surface area contributed by atoms with Crippen molar-refractivity contribution in [2.75, 3.05) is 20.3 Å². The van der Waals surface area contributed by atoms with Gasteiger partial charge < -0.3 is 15.8 Å². The Kier molecular flexibility index (Phi) is 8.11. The van der Waals surface area contributed by atoms with Crippen LogP contribution in [0.25, 0.3) is 0 Å². The highest BCUT2D eigenvalue weighted by atomic mass is 16.5. The number of nitrogens with zero attached hydrogens (tertiary/aromatic N) is 1. The number of hydrogen-bond acceptors (Lipinski definition) is 5. The Morgan fingerprint density at radius 2 is 1.90 bits per heavy atom. The molecule has 0 aromatic heterocycles. The lowest BCUT2D eigenvalue weighted by Gasteiger charge is -2.28. The van der Waals surface area contributed by atoms with Gasteiger partial charge in [0.25, 0.3) is 0 Å². The van der Waals surface area contributed by atoms with Crippen LogP contribution in [0.2, 0.25) is 0 Å². The molecule has 30 heavy (non-hydrogen) atoms. The van der Waals surface area contributed by atoms with Crippen molar-refractivity contribution in [3.8, 4) is 0 Å². The predicted octanol–water partition coefficient (Wildman–Crippen LogP) is 1.13. The van der Waals surface area contributed by atoms with Gasteiger partial charge >= 0.3 is 0 Å². The Labute approximate surface area is 177 Å². The van der Waals surface area contributed by atoms with E-state index in [1.807, 2.05) is 13.8 Å². The van der Waals surface area contributed by atoms with Crippen molar-refractivity contribution >= 4 is 23.6 Å². The molecule has 0 saturated carbocycles. The first kappa shape index (κ1) is 23.5. The lowest BCUT2D eigenvalue weighted by atomic mass is 9.75. The molecule has 0 aliphatic carbocycles. The number of primary amides is 1. The standard InChI is InChI=1S/C22H31N3O5/c1-15(2)12-17(20(23)28)24-18(26)13-22(16-8-5-4-6-9-16)14-19(27)25(21(22)29)10-7-11-30-3/h4-6,8-9,15,17H,7,10-14H2,1-3H3,(H2,23,28)(H,24,26)/t17-,22?/m0/s1. The number of rotatable bonds is 11. The van der Waals surface area contributed by atoms with Crippen LogP contribution in [0.1, 0.15) is 45.1 Å². The van der Waals surface area contributed by atoms with Gasteiger partial charge in [-0.2, -0.15) is 0 Å². The average molecular weight is 418 g/mol. The number of imide groups is 1. The zero-order valence-electron chi connectivity index (χ0n) is 17.8. The molecule has 1 unspecified atom stereocenters. The Bertz CT molecular complexity index is 780. The van der Waals surface area contributed by atoms with Gasteiger partial charge in [-0.3, -0.25) is 24.1 Å². The average Bonchev–Trinajstić information content (AvgIpc) is 2.92. The molecule has 1 aliphatic heterocycles. The molecule has 164 valence electrons. The van der Waals surface area contributed by atoms with Gasteiger partial charge in [0.05, 0.1) is 5.41 Å². The van der Waals surface area contributed by atoms with Crippen LogP contribution >= 0.6 is 0 Å². The molecule has 8 nitrogen and oxygen atoms in total. The number of carbonyl (C=O) groups is 4. The molecule has 2 atom stereocenters. The maximum atomic E-state index is 13.4. The Morgan fingerprint density at radius 1 is 1.23 bits per heavy atom. The number of carbonyl (C=O) groups excluding carboxylic acids is 4. The topological polar surface area (TPSA) is 119 Å². The number of amides is 4. The van der Waals surface area contributed by atoms with Crippen LogP contribution in [0.4, 0.5) is 0 Å². The molecule has 1 saturated heterocycles. The Balaban J connectivity index is 2.29. The Morgan fingerprint density at radius 3 is 2.47 bits per heavy atom. The predicted molar refractivity (Wildman–Crippen MR) is 111 cm³/mol. The summed E-state index contributed by atoms with van der Waals surface area (Å²) in [6.07, 6.45) is 0.588. The van der Waals surface area contributed by atoms with Crippen LogP contribution in [-0.2, 0) is 29.3 Å². The van der Waals surface area contributed by atoms with Crippen molar-refractivity contribution in [3.63, 3.8) is 0 Å². The van der Waals surface area contributed by atoms with Gasteiger partial charge in [0.15, 0.2) is 0 Å². The molecule has 1 aliphatic rings. The first-order valence-corrected chi connectivity index (χ1v) is 10.2. The van der Waals surface area contributed by atoms with Crippen LogP contribution in [-0.4, -0.2) is 54.8 Å². The first-order chi connectivity index (χ1) is 14.2.